The first-order valence-electron chi connectivity index (χ1n) is 20.2. The molecule has 1 aliphatic heterocycles. The van der Waals surface area contributed by atoms with Gasteiger partial charge in [-0.05, 0) is 74.0 Å². The molecule has 278 valence electrons. The summed E-state index contributed by atoms with van der Waals surface area (Å²) in [5, 5.41) is 7.09. The van der Waals surface area contributed by atoms with Crippen LogP contribution in [0.1, 0.15) is 30.0 Å². The molecule has 10 aromatic rings. The standard InChI is InChI=1S/C56H38N2O/c1-36-34-51(47-21-11-10-20-46(47)48-23-13-25-52-53(48)49-24-12-22-45(55(49)59-52)39-16-6-3-7-17-39)57-56(42-31-26-38(27-32-42)37-14-4-2-5-15-37)58-54(36)43-33-30-41-29-28-40-18-8-9-19-44(40)50(41)35-43/h2-33,35H,34H2,1H3. The first kappa shape index (κ1) is 34.6. The summed E-state index contributed by atoms with van der Waals surface area (Å²) in [4.78, 5) is 11.0. The summed E-state index contributed by atoms with van der Waals surface area (Å²) in [6.45, 7) is 2.21. The van der Waals surface area contributed by atoms with Crippen LogP contribution in [-0.4, -0.2) is 11.5 Å². The van der Waals surface area contributed by atoms with Crippen LogP contribution in [0.5, 0.6) is 0 Å². The Morgan fingerprint density at radius 2 is 0.983 bits per heavy atom. The number of nitrogens with zero attached hydrogens (tertiary/aromatic N) is 2. The van der Waals surface area contributed by atoms with Crippen LogP contribution >= 0.6 is 0 Å². The molecule has 3 heteroatoms. The van der Waals surface area contributed by atoms with Crippen LogP contribution in [0.25, 0.3) is 82.6 Å². The molecule has 0 saturated heterocycles. The van der Waals surface area contributed by atoms with Gasteiger partial charge in [0.15, 0.2) is 5.84 Å². The number of hydrogen-bond acceptors (Lipinski definition) is 3. The van der Waals surface area contributed by atoms with Gasteiger partial charge in [-0.1, -0.05) is 188 Å². The highest BCUT2D eigenvalue weighted by molar-refractivity contribution is 6.21. The van der Waals surface area contributed by atoms with Crippen LogP contribution in [0.3, 0.4) is 0 Å². The third-order valence-corrected chi connectivity index (χ3v) is 11.7. The lowest BCUT2D eigenvalue weighted by molar-refractivity contribution is 0.670. The molecular formula is C56H38N2O. The third-order valence-electron chi connectivity index (χ3n) is 11.7. The number of benzene rings is 9. The quantitative estimate of drug-likeness (QED) is 0.156. The van der Waals surface area contributed by atoms with Gasteiger partial charge in [-0.15, -0.1) is 0 Å². The van der Waals surface area contributed by atoms with E-state index in [1.165, 1.54) is 27.1 Å². The average molecular weight is 755 g/mol. The molecule has 0 fully saturated rings. The van der Waals surface area contributed by atoms with Gasteiger partial charge >= 0.3 is 0 Å². The molecule has 0 unspecified atom stereocenters. The van der Waals surface area contributed by atoms with Crippen LogP contribution in [0, 0.1) is 0 Å². The van der Waals surface area contributed by atoms with Gasteiger partial charge in [0.05, 0.1) is 11.4 Å². The molecule has 0 saturated carbocycles. The number of furan rings is 1. The first-order chi connectivity index (χ1) is 29.2. The molecular weight excluding hydrogens is 717 g/mol. The van der Waals surface area contributed by atoms with E-state index in [0.29, 0.717) is 12.3 Å². The number of amidine groups is 1. The highest BCUT2D eigenvalue weighted by Crippen LogP contribution is 2.42. The lowest BCUT2D eigenvalue weighted by Crippen LogP contribution is -2.07. The van der Waals surface area contributed by atoms with Crippen molar-refractivity contribution >= 4 is 60.7 Å². The van der Waals surface area contributed by atoms with E-state index in [-0.39, 0.29) is 0 Å². The molecule has 2 heterocycles. The fourth-order valence-electron chi connectivity index (χ4n) is 8.80. The second-order valence-corrected chi connectivity index (χ2v) is 15.3. The number of allylic oxidation sites excluding steroid dienone is 1. The van der Waals surface area contributed by atoms with Gasteiger partial charge in [0.2, 0.25) is 0 Å². The van der Waals surface area contributed by atoms with E-state index in [9.17, 15) is 0 Å². The molecule has 9 aromatic carbocycles. The van der Waals surface area contributed by atoms with E-state index in [2.05, 4.69) is 201 Å². The van der Waals surface area contributed by atoms with Crippen LogP contribution in [0.4, 0.5) is 0 Å². The zero-order valence-electron chi connectivity index (χ0n) is 32.6. The van der Waals surface area contributed by atoms with Crippen molar-refractivity contribution in [2.45, 2.75) is 13.3 Å². The van der Waals surface area contributed by atoms with E-state index in [4.69, 9.17) is 14.4 Å². The minimum atomic E-state index is 0.634. The molecule has 1 aliphatic rings. The Morgan fingerprint density at radius 3 is 1.80 bits per heavy atom. The summed E-state index contributed by atoms with van der Waals surface area (Å²) in [6.07, 6.45) is 0.634. The molecule has 0 amide bonds. The second kappa shape index (κ2) is 14.4. The fourth-order valence-corrected chi connectivity index (χ4v) is 8.80. The van der Waals surface area contributed by atoms with Gasteiger partial charge in [0, 0.05) is 39.4 Å². The highest BCUT2D eigenvalue weighted by atomic mass is 16.3. The Bertz CT molecular complexity index is 3330. The number of rotatable bonds is 6. The van der Waals surface area contributed by atoms with Crippen molar-refractivity contribution in [1.82, 2.24) is 0 Å². The maximum Gasteiger partial charge on any atom is 0.160 e. The molecule has 0 radical (unpaired) electrons. The van der Waals surface area contributed by atoms with Crippen molar-refractivity contribution in [2.75, 3.05) is 0 Å². The Kier molecular flexibility index (Phi) is 8.45. The predicted octanol–water partition coefficient (Wildman–Crippen LogP) is 15.0. The highest BCUT2D eigenvalue weighted by Gasteiger charge is 2.23. The van der Waals surface area contributed by atoms with E-state index in [1.54, 1.807) is 0 Å². The van der Waals surface area contributed by atoms with Crippen molar-refractivity contribution < 1.29 is 4.42 Å². The number of para-hydroxylation sites is 1. The Balaban J connectivity index is 1.09. The topological polar surface area (TPSA) is 37.9 Å². The molecule has 59 heavy (non-hydrogen) atoms. The molecule has 0 aliphatic carbocycles. The molecule has 0 atom stereocenters. The van der Waals surface area contributed by atoms with E-state index >= 15 is 0 Å². The maximum atomic E-state index is 6.70. The van der Waals surface area contributed by atoms with E-state index in [0.717, 1.165) is 83.4 Å². The summed E-state index contributed by atoms with van der Waals surface area (Å²) in [5.74, 6) is 0.693. The van der Waals surface area contributed by atoms with E-state index in [1.807, 2.05) is 6.07 Å². The van der Waals surface area contributed by atoms with Crippen LogP contribution in [-0.2, 0) is 0 Å². The monoisotopic (exact) mass is 754 g/mol. The molecule has 1 aromatic heterocycles. The van der Waals surface area contributed by atoms with Gasteiger partial charge < -0.3 is 4.42 Å². The fraction of sp³-hybridized carbons (Fsp3) is 0.0357. The smallest absolute Gasteiger partial charge is 0.160 e. The lowest BCUT2D eigenvalue weighted by atomic mass is 9.90. The van der Waals surface area contributed by atoms with Gasteiger partial charge in [-0.25, -0.2) is 9.98 Å². The average Bonchev–Trinajstić information content (AvgIpc) is 3.60. The predicted molar refractivity (Wildman–Crippen MR) is 248 cm³/mol. The normalized spacial score (nSPS) is 13.2. The lowest BCUT2D eigenvalue weighted by Gasteiger charge is -2.14. The molecule has 11 rings (SSSR count). The SMILES string of the molecule is CC1=C(c2ccc3ccc4ccccc4c3c2)N=C(c2ccc(-c3ccccc3)cc2)N=C(c2ccccc2-c2cccc3oc4c(-c5ccccc5)cccc4c23)C1. The zero-order chi connectivity index (χ0) is 39.3. The molecule has 0 bridgehead atoms. The Labute approximate surface area is 343 Å². The summed E-state index contributed by atoms with van der Waals surface area (Å²) in [7, 11) is 0. The Morgan fingerprint density at radius 1 is 0.407 bits per heavy atom. The first-order valence-corrected chi connectivity index (χ1v) is 20.2. The zero-order valence-corrected chi connectivity index (χ0v) is 32.6. The number of hydrogen-bond donors (Lipinski definition) is 0. The van der Waals surface area contributed by atoms with Crippen LogP contribution in [0.2, 0.25) is 0 Å². The van der Waals surface area contributed by atoms with Gasteiger partial charge in [0.1, 0.15) is 11.2 Å². The third kappa shape index (κ3) is 6.16. The minimum absolute atomic E-state index is 0.634. The largest absolute Gasteiger partial charge is 0.455 e. The van der Waals surface area contributed by atoms with Crippen molar-refractivity contribution in [3.8, 4) is 33.4 Å². The number of aliphatic imine (C=N–C) groups is 2. The van der Waals surface area contributed by atoms with Gasteiger partial charge in [-0.3, -0.25) is 0 Å². The van der Waals surface area contributed by atoms with Crippen molar-refractivity contribution in [1.29, 1.82) is 0 Å². The summed E-state index contributed by atoms with van der Waals surface area (Å²) < 4.78 is 6.70. The van der Waals surface area contributed by atoms with Crippen molar-refractivity contribution in [2.24, 2.45) is 9.98 Å². The summed E-state index contributed by atoms with van der Waals surface area (Å²) in [6, 6.07) is 70.9. The van der Waals surface area contributed by atoms with Crippen LogP contribution in [0.15, 0.2) is 220 Å². The molecule has 3 nitrogen and oxygen atoms in total. The summed E-state index contributed by atoms with van der Waals surface area (Å²) in [5.41, 5.74) is 14.7. The Hall–Kier alpha value is -7.62. The van der Waals surface area contributed by atoms with E-state index < -0.39 is 0 Å². The van der Waals surface area contributed by atoms with Gasteiger partial charge in [-0.2, -0.15) is 0 Å². The minimum Gasteiger partial charge on any atom is -0.455 e. The maximum absolute atomic E-state index is 6.70. The van der Waals surface area contributed by atoms with Crippen molar-refractivity contribution in [3.63, 3.8) is 0 Å². The number of fused-ring (bicyclic) bond motifs is 6. The van der Waals surface area contributed by atoms with Gasteiger partial charge in [0.25, 0.3) is 0 Å². The summed E-state index contributed by atoms with van der Waals surface area (Å²) >= 11 is 0. The second-order valence-electron chi connectivity index (χ2n) is 15.3. The van der Waals surface area contributed by atoms with Crippen molar-refractivity contribution in [3.05, 3.63) is 222 Å². The molecule has 0 spiro atoms. The molecule has 0 N–H and O–H groups in total. The van der Waals surface area contributed by atoms with Crippen LogP contribution < -0.4 is 0 Å².